The lowest BCUT2D eigenvalue weighted by atomic mass is 9.96. The Labute approximate surface area is 186 Å². The molecule has 1 aliphatic carbocycles. The highest BCUT2D eigenvalue weighted by Gasteiger charge is 2.58. The van der Waals surface area contributed by atoms with Gasteiger partial charge in [-0.15, -0.1) is 0 Å². The second-order valence-corrected chi connectivity index (χ2v) is 8.81. The summed E-state index contributed by atoms with van der Waals surface area (Å²) in [5, 5.41) is 2.68. The number of ether oxygens (including phenoxy) is 2. The lowest BCUT2D eigenvalue weighted by Gasteiger charge is -2.31. The molecular weight excluding hydrogens is 418 g/mol. The van der Waals surface area contributed by atoms with Gasteiger partial charge < -0.3 is 19.7 Å². The lowest BCUT2D eigenvalue weighted by molar-refractivity contribution is 0.0584. The van der Waals surface area contributed by atoms with Crippen LogP contribution in [0.1, 0.15) is 39.2 Å². The van der Waals surface area contributed by atoms with Gasteiger partial charge in [-0.25, -0.2) is 14.2 Å². The summed E-state index contributed by atoms with van der Waals surface area (Å²) in [5.41, 5.74) is 0.899. The first kappa shape index (κ1) is 22.2. The molecule has 1 N–H and O–H groups in total. The molecule has 4 rings (SSSR count). The number of nitrogens with one attached hydrogen (secondary N) is 1. The number of aryl methyl sites for hydroxylation is 1. The smallest absolute Gasteiger partial charge is 0.410 e. The van der Waals surface area contributed by atoms with Crippen LogP contribution in [0, 0.1) is 23.0 Å². The molecule has 1 aliphatic heterocycles. The van der Waals surface area contributed by atoms with Gasteiger partial charge in [-0.05, 0) is 56.7 Å². The van der Waals surface area contributed by atoms with Crippen LogP contribution in [0.4, 0.5) is 25.1 Å². The van der Waals surface area contributed by atoms with Crippen LogP contribution in [0.25, 0.3) is 0 Å². The highest BCUT2D eigenvalue weighted by Crippen LogP contribution is 2.58. The van der Waals surface area contributed by atoms with Gasteiger partial charge in [-0.2, -0.15) is 9.37 Å². The minimum atomic E-state index is -0.766. The third kappa shape index (κ3) is 4.61. The van der Waals surface area contributed by atoms with E-state index in [0.717, 1.165) is 18.4 Å². The van der Waals surface area contributed by atoms with E-state index < -0.39 is 11.6 Å². The Hall–Kier alpha value is -2.97. The minimum Gasteiger partial charge on any atom is -0.475 e. The molecule has 32 heavy (non-hydrogen) atoms. The van der Waals surface area contributed by atoms with Gasteiger partial charge in [-0.3, -0.25) is 0 Å². The zero-order chi connectivity index (χ0) is 22.9. The fourth-order valence-corrected chi connectivity index (χ4v) is 4.16. The normalized spacial score (nSPS) is 21.8. The summed E-state index contributed by atoms with van der Waals surface area (Å²) < 4.78 is 40.2. The second kappa shape index (κ2) is 8.88. The molecular formula is C23H28F2N4O3. The molecule has 2 aliphatic rings. The van der Waals surface area contributed by atoms with E-state index in [2.05, 4.69) is 15.3 Å². The molecule has 2 heterocycles. The van der Waals surface area contributed by atoms with Crippen molar-refractivity contribution in [3.05, 3.63) is 41.7 Å². The van der Waals surface area contributed by atoms with Crippen molar-refractivity contribution in [1.82, 2.24) is 14.9 Å². The second-order valence-electron chi connectivity index (χ2n) is 8.81. The Morgan fingerprint density at radius 3 is 2.84 bits per heavy atom. The third-order valence-electron chi connectivity index (χ3n) is 6.22. The van der Waals surface area contributed by atoms with Gasteiger partial charge in [0.1, 0.15) is 12.1 Å². The van der Waals surface area contributed by atoms with Gasteiger partial charge in [0.05, 0.1) is 18.4 Å². The maximum Gasteiger partial charge on any atom is 0.410 e. The average Bonchev–Trinajstić information content (AvgIpc) is 3.49. The molecule has 2 aromatic rings. The van der Waals surface area contributed by atoms with E-state index in [1.807, 2.05) is 20.8 Å². The van der Waals surface area contributed by atoms with Gasteiger partial charge in [-0.1, -0.05) is 13.0 Å². The van der Waals surface area contributed by atoms with Crippen LogP contribution >= 0.6 is 0 Å². The van der Waals surface area contributed by atoms with Gasteiger partial charge in [0.2, 0.25) is 5.82 Å². The predicted molar refractivity (Wildman–Crippen MR) is 115 cm³/mol. The zero-order valence-corrected chi connectivity index (χ0v) is 18.5. The summed E-state index contributed by atoms with van der Waals surface area (Å²) in [5.74, 6) is -1.26. The largest absolute Gasteiger partial charge is 0.475 e. The minimum absolute atomic E-state index is 0.0817. The standard InChI is InChI=1S/C23H28F2N4O3/c1-4-15-5-6-18(17(24)9-15)28-20-19(25)21(27-13-26-20)31-12-23-7-8-29(11-16(23)10-23)22(30)32-14(2)3/h5-6,9,13-14,16H,4,7-8,10-12H2,1-3H3,(H,26,27,28). The Balaban J connectivity index is 1.37. The van der Waals surface area contributed by atoms with E-state index in [0.29, 0.717) is 32.0 Å². The predicted octanol–water partition coefficient (Wildman–Crippen LogP) is 4.70. The number of piperidine rings is 1. The fourth-order valence-electron chi connectivity index (χ4n) is 4.16. The van der Waals surface area contributed by atoms with E-state index >= 15 is 0 Å². The molecule has 172 valence electrons. The summed E-state index contributed by atoms with van der Waals surface area (Å²) in [6, 6.07) is 4.74. The zero-order valence-electron chi connectivity index (χ0n) is 18.5. The number of rotatable bonds is 7. The number of aromatic nitrogens is 2. The summed E-state index contributed by atoms with van der Waals surface area (Å²) in [6.07, 6.45) is 3.11. The number of likely N-dealkylation sites (tertiary alicyclic amines) is 1. The molecule has 0 bridgehead atoms. The molecule has 2 atom stereocenters. The van der Waals surface area contributed by atoms with Crippen LogP contribution in [0.5, 0.6) is 5.88 Å². The maximum absolute atomic E-state index is 14.9. The van der Waals surface area contributed by atoms with E-state index in [9.17, 15) is 13.6 Å². The Morgan fingerprint density at radius 2 is 2.16 bits per heavy atom. The highest BCUT2D eigenvalue weighted by molar-refractivity contribution is 5.68. The molecule has 1 saturated heterocycles. The van der Waals surface area contributed by atoms with Crippen LogP contribution < -0.4 is 10.1 Å². The van der Waals surface area contributed by atoms with Gasteiger partial charge in [0, 0.05) is 18.5 Å². The molecule has 7 nitrogen and oxygen atoms in total. The van der Waals surface area contributed by atoms with Crippen molar-refractivity contribution in [2.24, 2.45) is 11.3 Å². The number of nitrogens with zero attached hydrogens (tertiary/aromatic N) is 3. The van der Waals surface area contributed by atoms with E-state index in [1.54, 1.807) is 17.0 Å². The molecule has 1 saturated carbocycles. The summed E-state index contributed by atoms with van der Waals surface area (Å²) in [6.45, 7) is 7.08. The first-order valence-corrected chi connectivity index (χ1v) is 11.0. The average molecular weight is 446 g/mol. The molecule has 9 heteroatoms. The number of hydrogen-bond acceptors (Lipinski definition) is 6. The maximum atomic E-state index is 14.9. The molecule has 0 radical (unpaired) electrons. The van der Waals surface area contributed by atoms with Crippen molar-refractivity contribution < 1.29 is 23.0 Å². The van der Waals surface area contributed by atoms with Crippen molar-refractivity contribution in [2.75, 3.05) is 25.0 Å². The van der Waals surface area contributed by atoms with Crippen molar-refractivity contribution >= 4 is 17.6 Å². The first-order valence-electron chi connectivity index (χ1n) is 11.0. The number of anilines is 2. The van der Waals surface area contributed by atoms with E-state index in [1.165, 1.54) is 12.4 Å². The van der Waals surface area contributed by atoms with Gasteiger partial charge >= 0.3 is 6.09 Å². The highest BCUT2D eigenvalue weighted by atomic mass is 19.1. The van der Waals surface area contributed by atoms with Crippen LogP contribution in [0.15, 0.2) is 24.5 Å². The number of carbonyl (C=O) groups is 1. The number of amides is 1. The Morgan fingerprint density at radius 1 is 1.34 bits per heavy atom. The van der Waals surface area contributed by atoms with Crippen LogP contribution in [0.2, 0.25) is 0 Å². The Bertz CT molecular complexity index is 1000. The lowest BCUT2D eigenvalue weighted by Crippen LogP contribution is -2.41. The number of hydrogen-bond donors (Lipinski definition) is 1. The van der Waals surface area contributed by atoms with Gasteiger partial charge in [0.15, 0.2) is 5.82 Å². The summed E-state index contributed by atoms with van der Waals surface area (Å²) in [7, 11) is 0. The summed E-state index contributed by atoms with van der Waals surface area (Å²) in [4.78, 5) is 21.6. The fraction of sp³-hybridized carbons (Fsp3) is 0.522. The topological polar surface area (TPSA) is 76.6 Å². The van der Waals surface area contributed by atoms with Gasteiger partial charge in [0.25, 0.3) is 5.88 Å². The van der Waals surface area contributed by atoms with Crippen molar-refractivity contribution in [1.29, 1.82) is 0 Å². The monoisotopic (exact) mass is 446 g/mol. The van der Waals surface area contributed by atoms with Crippen LogP contribution in [-0.2, 0) is 11.2 Å². The first-order chi connectivity index (χ1) is 15.3. The van der Waals surface area contributed by atoms with E-state index in [-0.39, 0.29) is 35.0 Å². The third-order valence-corrected chi connectivity index (χ3v) is 6.22. The number of carbonyl (C=O) groups excluding carboxylic acids is 1. The van der Waals surface area contributed by atoms with E-state index in [4.69, 9.17) is 9.47 Å². The molecule has 0 spiro atoms. The molecule has 1 amide bonds. The van der Waals surface area contributed by atoms with Crippen molar-refractivity contribution in [3.8, 4) is 5.88 Å². The van der Waals surface area contributed by atoms with Crippen molar-refractivity contribution in [3.63, 3.8) is 0 Å². The van der Waals surface area contributed by atoms with Crippen LogP contribution in [0.3, 0.4) is 0 Å². The number of benzene rings is 1. The molecule has 1 aromatic heterocycles. The molecule has 2 unspecified atom stereocenters. The molecule has 1 aromatic carbocycles. The van der Waals surface area contributed by atoms with Crippen molar-refractivity contribution in [2.45, 2.75) is 46.1 Å². The summed E-state index contributed by atoms with van der Waals surface area (Å²) >= 11 is 0. The Kier molecular flexibility index (Phi) is 6.17. The SMILES string of the molecule is CCc1ccc(Nc2ncnc(OCC34CCN(C(=O)OC(C)C)CC3C4)c2F)c(F)c1. The quantitative estimate of drug-likeness (QED) is 0.665. The van der Waals surface area contributed by atoms with Crippen LogP contribution in [-0.4, -0.2) is 46.8 Å². The molecule has 2 fully saturated rings. The number of fused-ring (bicyclic) bond motifs is 1. The number of halogens is 2.